The number of aromatic nitrogens is 1. The van der Waals surface area contributed by atoms with Gasteiger partial charge in [0.15, 0.2) is 0 Å². The van der Waals surface area contributed by atoms with Crippen LogP contribution in [-0.4, -0.2) is 22.0 Å². The van der Waals surface area contributed by atoms with Crippen molar-refractivity contribution in [2.24, 2.45) is 5.92 Å². The summed E-state index contributed by atoms with van der Waals surface area (Å²) < 4.78 is 0. The molecule has 5 nitrogen and oxygen atoms in total. The average molecular weight is 360 g/mol. The standard InChI is InChI=1S/C22H20N2O3/c25-20(26)13-5-10-18(15-16-7-2-1-3-8-16)22(27)24-19-12-4-9-17-11-6-14-23-21(17)19/h1-9,11-14,18H,10,15H2,(H,24,27)(H,25,26)/b13-5+. The third-order valence-corrected chi connectivity index (χ3v) is 4.27. The number of nitrogens with one attached hydrogen (secondary N) is 1. The summed E-state index contributed by atoms with van der Waals surface area (Å²) in [4.78, 5) is 28.0. The van der Waals surface area contributed by atoms with Gasteiger partial charge >= 0.3 is 5.97 Å². The molecule has 0 aliphatic heterocycles. The number of allylic oxidation sites excluding steroid dienone is 1. The van der Waals surface area contributed by atoms with Crippen molar-refractivity contribution in [3.05, 3.63) is 84.6 Å². The van der Waals surface area contributed by atoms with E-state index in [2.05, 4.69) is 10.3 Å². The number of aliphatic carboxylic acids is 1. The van der Waals surface area contributed by atoms with Crippen LogP contribution in [0.4, 0.5) is 5.69 Å². The molecule has 3 aromatic rings. The van der Waals surface area contributed by atoms with Crippen molar-refractivity contribution in [1.29, 1.82) is 0 Å². The highest BCUT2D eigenvalue weighted by molar-refractivity contribution is 6.01. The summed E-state index contributed by atoms with van der Waals surface area (Å²) in [6, 6.07) is 19.1. The van der Waals surface area contributed by atoms with Gasteiger partial charge in [0.05, 0.1) is 11.2 Å². The van der Waals surface area contributed by atoms with Crippen molar-refractivity contribution >= 4 is 28.5 Å². The summed E-state index contributed by atoms with van der Waals surface area (Å²) in [7, 11) is 0. The minimum atomic E-state index is -1.02. The van der Waals surface area contributed by atoms with E-state index in [1.165, 1.54) is 6.08 Å². The molecule has 1 unspecified atom stereocenters. The van der Waals surface area contributed by atoms with Crippen LogP contribution in [0.5, 0.6) is 0 Å². The van der Waals surface area contributed by atoms with Gasteiger partial charge in [-0.2, -0.15) is 0 Å². The van der Waals surface area contributed by atoms with Crippen molar-refractivity contribution < 1.29 is 14.7 Å². The molecule has 0 radical (unpaired) electrons. The molecular weight excluding hydrogens is 340 g/mol. The lowest BCUT2D eigenvalue weighted by atomic mass is 9.95. The van der Waals surface area contributed by atoms with Crippen LogP contribution in [0, 0.1) is 5.92 Å². The Morgan fingerprint density at radius 2 is 1.81 bits per heavy atom. The first-order valence-electron chi connectivity index (χ1n) is 8.71. The second kappa shape index (κ2) is 8.76. The Balaban J connectivity index is 1.81. The fourth-order valence-electron chi connectivity index (χ4n) is 2.95. The average Bonchev–Trinajstić information content (AvgIpc) is 2.68. The van der Waals surface area contributed by atoms with E-state index in [1.807, 2.05) is 60.7 Å². The Hall–Kier alpha value is -3.47. The third kappa shape index (κ3) is 5.01. The smallest absolute Gasteiger partial charge is 0.327 e. The van der Waals surface area contributed by atoms with E-state index in [-0.39, 0.29) is 11.8 Å². The summed E-state index contributed by atoms with van der Waals surface area (Å²) in [6.07, 6.45) is 5.15. The number of pyridine rings is 1. The zero-order valence-electron chi connectivity index (χ0n) is 14.7. The Bertz CT molecular complexity index is 962. The molecule has 1 atom stereocenters. The normalized spacial score (nSPS) is 12.1. The Morgan fingerprint density at radius 1 is 1.04 bits per heavy atom. The fourth-order valence-corrected chi connectivity index (χ4v) is 2.95. The van der Waals surface area contributed by atoms with Gasteiger partial charge < -0.3 is 10.4 Å². The highest BCUT2D eigenvalue weighted by atomic mass is 16.4. The van der Waals surface area contributed by atoms with Crippen LogP contribution >= 0.6 is 0 Å². The van der Waals surface area contributed by atoms with Crippen molar-refractivity contribution in [2.75, 3.05) is 5.32 Å². The molecule has 3 rings (SSSR count). The quantitative estimate of drug-likeness (QED) is 0.623. The number of nitrogens with zero attached hydrogens (tertiary/aromatic N) is 1. The minimum absolute atomic E-state index is 0.160. The lowest BCUT2D eigenvalue weighted by Gasteiger charge is -2.16. The number of anilines is 1. The van der Waals surface area contributed by atoms with Crippen LogP contribution in [-0.2, 0) is 16.0 Å². The van der Waals surface area contributed by atoms with Crippen LogP contribution < -0.4 is 5.32 Å². The lowest BCUT2D eigenvalue weighted by molar-refractivity contribution is -0.131. The van der Waals surface area contributed by atoms with E-state index in [1.54, 1.807) is 6.20 Å². The molecule has 0 saturated carbocycles. The van der Waals surface area contributed by atoms with E-state index < -0.39 is 5.97 Å². The lowest BCUT2D eigenvalue weighted by Crippen LogP contribution is -2.24. The third-order valence-electron chi connectivity index (χ3n) is 4.27. The fraction of sp³-hybridized carbons (Fsp3) is 0.136. The molecule has 0 bridgehead atoms. The van der Waals surface area contributed by atoms with Gasteiger partial charge in [-0.25, -0.2) is 4.79 Å². The molecule has 5 heteroatoms. The summed E-state index contributed by atoms with van der Waals surface area (Å²) in [6.45, 7) is 0. The van der Waals surface area contributed by atoms with Gasteiger partial charge in [0.25, 0.3) is 0 Å². The number of para-hydroxylation sites is 1. The molecule has 1 amide bonds. The van der Waals surface area contributed by atoms with E-state index in [0.717, 1.165) is 22.5 Å². The van der Waals surface area contributed by atoms with Gasteiger partial charge in [-0.1, -0.05) is 54.6 Å². The highest BCUT2D eigenvalue weighted by Crippen LogP contribution is 2.23. The minimum Gasteiger partial charge on any atom is -0.478 e. The molecule has 0 spiro atoms. The zero-order valence-corrected chi connectivity index (χ0v) is 14.7. The highest BCUT2D eigenvalue weighted by Gasteiger charge is 2.19. The summed E-state index contributed by atoms with van der Waals surface area (Å²) >= 11 is 0. The largest absolute Gasteiger partial charge is 0.478 e. The predicted octanol–water partition coefficient (Wildman–Crippen LogP) is 4.06. The number of benzene rings is 2. The maximum atomic E-state index is 12.9. The first-order chi connectivity index (χ1) is 13.1. The Morgan fingerprint density at radius 3 is 2.59 bits per heavy atom. The van der Waals surface area contributed by atoms with E-state index in [0.29, 0.717) is 18.5 Å². The second-order valence-electron chi connectivity index (χ2n) is 6.23. The second-order valence-corrected chi connectivity index (χ2v) is 6.23. The monoisotopic (exact) mass is 360 g/mol. The SMILES string of the molecule is O=C(O)/C=C/CC(Cc1ccccc1)C(=O)Nc1cccc2cccnc12. The van der Waals surface area contributed by atoms with Crippen molar-refractivity contribution in [2.45, 2.75) is 12.8 Å². The van der Waals surface area contributed by atoms with E-state index >= 15 is 0 Å². The topological polar surface area (TPSA) is 79.3 Å². The number of carboxylic acid groups (broad SMARTS) is 1. The molecule has 1 heterocycles. The molecule has 1 aromatic heterocycles. The number of fused-ring (bicyclic) bond motifs is 1. The molecule has 0 saturated heterocycles. The first-order valence-corrected chi connectivity index (χ1v) is 8.71. The van der Waals surface area contributed by atoms with Crippen molar-refractivity contribution in [1.82, 2.24) is 4.98 Å². The first kappa shape index (κ1) is 18.3. The summed E-state index contributed by atoms with van der Waals surface area (Å²) in [5, 5.41) is 12.7. The molecule has 2 N–H and O–H groups in total. The summed E-state index contributed by atoms with van der Waals surface area (Å²) in [5.74, 6) is -1.57. The van der Waals surface area contributed by atoms with E-state index in [4.69, 9.17) is 5.11 Å². The maximum absolute atomic E-state index is 12.9. The number of amides is 1. The van der Waals surface area contributed by atoms with Gasteiger partial charge in [-0.05, 0) is 30.5 Å². The number of rotatable bonds is 7. The molecule has 0 aliphatic carbocycles. The molecule has 0 fully saturated rings. The van der Waals surface area contributed by atoms with Crippen LogP contribution in [0.25, 0.3) is 10.9 Å². The van der Waals surface area contributed by atoms with Crippen LogP contribution in [0.2, 0.25) is 0 Å². The molecule has 27 heavy (non-hydrogen) atoms. The summed E-state index contributed by atoms with van der Waals surface area (Å²) in [5.41, 5.74) is 2.41. The molecule has 2 aromatic carbocycles. The molecule has 136 valence electrons. The van der Waals surface area contributed by atoms with Crippen LogP contribution in [0.1, 0.15) is 12.0 Å². The van der Waals surface area contributed by atoms with Gasteiger partial charge in [0.2, 0.25) is 5.91 Å². The maximum Gasteiger partial charge on any atom is 0.327 e. The number of carbonyl (C=O) groups is 2. The van der Waals surface area contributed by atoms with Gasteiger partial charge in [-0.15, -0.1) is 0 Å². The van der Waals surface area contributed by atoms with Crippen LogP contribution in [0.15, 0.2) is 79.0 Å². The number of carboxylic acids is 1. The zero-order chi connectivity index (χ0) is 19.1. The Labute approximate surface area is 157 Å². The van der Waals surface area contributed by atoms with Crippen molar-refractivity contribution in [3.63, 3.8) is 0 Å². The number of hydrogen-bond donors (Lipinski definition) is 2. The molecule has 0 aliphatic rings. The van der Waals surface area contributed by atoms with Crippen molar-refractivity contribution in [3.8, 4) is 0 Å². The van der Waals surface area contributed by atoms with Gasteiger partial charge in [0, 0.05) is 23.6 Å². The predicted molar refractivity (Wildman–Crippen MR) is 105 cm³/mol. The number of hydrogen-bond acceptors (Lipinski definition) is 3. The van der Waals surface area contributed by atoms with E-state index in [9.17, 15) is 9.59 Å². The van der Waals surface area contributed by atoms with Crippen LogP contribution in [0.3, 0.4) is 0 Å². The number of carbonyl (C=O) groups excluding carboxylic acids is 1. The van der Waals surface area contributed by atoms with Gasteiger partial charge in [0.1, 0.15) is 0 Å². The molecular formula is C22H20N2O3. The Kier molecular flexibility index (Phi) is 5.94. The van der Waals surface area contributed by atoms with Gasteiger partial charge in [-0.3, -0.25) is 9.78 Å².